The number of aromatic carboxylic acids is 1. The fourth-order valence-electron chi connectivity index (χ4n) is 3.33. The van der Waals surface area contributed by atoms with Gasteiger partial charge in [0.05, 0.1) is 5.56 Å². The smallest absolute Gasteiger partial charge is 0.335 e. The first kappa shape index (κ1) is 15.0. The molecule has 2 aliphatic rings. The molecule has 0 bridgehead atoms. The Labute approximate surface area is 129 Å². The summed E-state index contributed by atoms with van der Waals surface area (Å²) in [5.74, 6) is -0.226. The third-order valence-electron chi connectivity index (χ3n) is 4.70. The van der Waals surface area contributed by atoms with Crippen LogP contribution in [0.25, 0.3) is 0 Å². The number of carbonyl (C=O) groups is 2. The van der Waals surface area contributed by atoms with Crippen LogP contribution in [0.15, 0.2) is 24.3 Å². The molecule has 5 heteroatoms. The van der Waals surface area contributed by atoms with Crippen LogP contribution in [0.1, 0.15) is 41.1 Å². The maximum atomic E-state index is 12.5. The van der Waals surface area contributed by atoms with Gasteiger partial charge >= 0.3 is 5.97 Å². The average Bonchev–Trinajstić information content (AvgIpc) is 3.05. The molecule has 2 aliphatic heterocycles. The molecule has 0 saturated carbocycles. The second-order valence-electron chi connectivity index (χ2n) is 6.08. The number of carbonyl (C=O) groups excluding carboxylic acids is 1. The molecule has 3 rings (SSSR count). The third-order valence-corrected chi connectivity index (χ3v) is 4.70. The Morgan fingerprint density at radius 2 is 1.77 bits per heavy atom. The monoisotopic (exact) mass is 303 g/mol. The van der Waals surface area contributed by atoms with E-state index in [4.69, 9.17) is 9.84 Å². The standard InChI is InChI=1S/C17H21NO4/c19-16(13-6-9-22-10-7-13)18-8-5-15(11-18)12-1-3-14(4-2-12)17(20)21/h1-4,13,15H,5-11H2,(H,20,21)/t15-/m1/s1. The van der Waals surface area contributed by atoms with E-state index in [0.29, 0.717) is 24.7 Å². The van der Waals surface area contributed by atoms with Crippen LogP contribution in [0, 0.1) is 5.92 Å². The molecule has 1 aromatic carbocycles. The van der Waals surface area contributed by atoms with Crippen LogP contribution in [0.4, 0.5) is 0 Å². The number of hydrogen-bond acceptors (Lipinski definition) is 3. The molecule has 0 aliphatic carbocycles. The molecule has 1 N–H and O–H groups in total. The number of ether oxygens (including phenoxy) is 1. The van der Waals surface area contributed by atoms with E-state index in [1.165, 1.54) is 0 Å². The SMILES string of the molecule is O=C(O)c1ccc([C@@H]2CCN(C(=O)C3CCOCC3)C2)cc1. The summed E-state index contributed by atoms with van der Waals surface area (Å²) < 4.78 is 5.31. The summed E-state index contributed by atoms with van der Waals surface area (Å²) in [7, 11) is 0. The summed E-state index contributed by atoms with van der Waals surface area (Å²) in [6.45, 7) is 2.90. The van der Waals surface area contributed by atoms with Gasteiger partial charge in [0.15, 0.2) is 0 Å². The summed E-state index contributed by atoms with van der Waals surface area (Å²) in [5.41, 5.74) is 1.42. The van der Waals surface area contributed by atoms with E-state index in [-0.39, 0.29) is 11.8 Å². The Bertz CT molecular complexity index is 548. The van der Waals surface area contributed by atoms with Crippen LogP contribution in [0.2, 0.25) is 0 Å². The second kappa shape index (κ2) is 6.48. The molecular formula is C17H21NO4. The topological polar surface area (TPSA) is 66.8 Å². The minimum Gasteiger partial charge on any atom is -0.478 e. The number of carboxylic acid groups (broad SMARTS) is 1. The van der Waals surface area contributed by atoms with Crippen LogP contribution < -0.4 is 0 Å². The van der Waals surface area contributed by atoms with Gasteiger partial charge in [-0.3, -0.25) is 4.79 Å². The summed E-state index contributed by atoms with van der Waals surface area (Å²) in [5, 5.41) is 8.94. The van der Waals surface area contributed by atoms with Gasteiger partial charge in [0.1, 0.15) is 0 Å². The van der Waals surface area contributed by atoms with Gasteiger partial charge in [0.2, 0.25) is 5.91 Å². The fourth-order valence-corrected chi connectivity index (χ4v) is 3.33. The maximum Gasteiger partial charge on any atom is 0.335 e. The zero-order chi connectivity index (χ0) is 15.5. The van der Waals surface area contributed by atoms with Crippen molar-refractivity contribution >= 4 is 11.9 Å². The summed E-state index contributed by atoms with van der Waals surface area (Å²) in [6, 6.07) is 7.02. The van der Waals surface area contributed by atoms with E-state index >= 15 is 0 Å². The number of benzene rings is 1. The Hall–Kier alpha value is -1.88. The van der Waals surface area contributed by atoms with Crippen LogP contribution >= 0.6 is 0 Å². The van der Waals surface area contributed by atoms with Crippen LogP contribution in [0.5, 0.6) is 0 Å². The van der Waals surface area contributed by atoms with Gasteiger partial charge in [-0.2, -0.15) is 0 Å². The Kier molecular flexibility index (Phi) is 4.43. The van der Waals surface area contributed by atoms with Crippen molar-refractivity contribution in [1.29, 1.82) is 0 Å². The highest BCUT2D eigenvalue weighted by Gasteiger charge is 2.32. The lowest BCUT2D eigenvalue weighted by Gasteiger charge is -2.26. The first-order valence-electron chi connectivity index (χ1n) is 7.85. The lowest BCUT2D eigenvalue weighted by atomic mass is 9.97. The van der Waals surface area contributed by atoms with Gasteiger partial charge in [0.25, 0.3) is 0 Å². The molecule has 22 heavy (non-hydrogen) atoms. The molecule has 1 amide bonds. The number of hydrogen-bond donors (Lipinski definition) is 1. The first-order valence-corrected chi connectivity index (χ1v) is 7.85. The van der Waals surface area contributed by atoms with Crippen molar-refractivity contribution in [1.82, 2.24) is 4.90 Å². The van der Waals surface area contributed by atoms with Crippen molar-refractivity contribution in [2.45, 2.75) is 25.2 Å². The lowest BCUT2D eigenvalue weighted by molar-refractivity contribution is -0.137. The number of amides is 1. The van der Waals surface area contributed by atoms with Crippen molar-refractivity contribution in [2.24, 2.45) is 5.92 Å². The molecule has 0 radical (unpaired) electrons. The third kappa shape index (κ3) is 3.14. The Balaban J connectivity index is 1.61. The molecule has 2 saturated heterocycles. The summed E-state index contributed by atoms with van der Waals surface area (Å²) in [4.78, 5) is 25.4. The lowest BCUT2D eigenvalue weighted by Crippen LogP contribution is -2.37. The number of carboxylic acids is 1. The highest BCUT2D eigenvalue weighted by molar-refractivity contribution is 5.87. The van der Waals surface area contributed by atoms with E-state index < -0.39 is 5.97 Å². The molecular weight excluding hydrogens is 282 g/mol. The highest BCUT2D eigenvalue weighted by atomic mass is 16.5. The van der Waals surface area contributed by atoms with E-state index in [0.717, 1.165) is 37.9 Å². The summed E-state index contributed by atoms with van der Waals surface area (Å²) >= 11 is 0. The number of nitrogens with zero attached hydrogens (tertiary/aromatic N) is 1. The molecule has 2 fully saturated rings. The van der Waals surface area contributed by atoms with E-state index in [1.54, 1.807) is 12.1 Å². The Morgan fingerprint density at radius 3 is 2.41 bits per heavy atom. The average molecular weight is 303 g/mol. The second-order valence-corrected chi connectivity index (χ2v) is 6.08. The van der Waals surface area contributed by atoms with Crippen molar-refractivity contribution in [2.75, 3.05) is 26.3 Å². The fraction of sp³-hybridized carbons (Fsp3) is 0.529. The normalized spacial score (nSPS) is 22.7. The van der Waals surface area contributed by atoms with Crippen LogP contribution in [-0.4, -0.2) is 48.2 Å². The van der Waals surface area contributed by atoms with Gasteiger partial charge in [-0.1, -0.05) is 12.1 Å². The van der Waals surface area contributed by atoms with Crippen LogP contribution in [0.3, 0.4) is 0 Å². The zero-order valence-electron chi connectivity index (χ0n) is 12.5. The minimum absolute atomic E-state index is 0.113. The van der Waals surface area contributed by atoms with Crippen LogP contribution in [-0.2, 0) is 9.53 Å². The van der Waals surface area contributed by atoms with Crippen molar-refractivity contribution in [3.63, 3.8) is 0 Å². The Morgan fingerprint density at radius 1 is 1.09 bits per heavy atom. The van der Waals surface area contributed by atoms with Crippen molar-refractivity contribution < 1.29 is 19.4 Å². The van der Waals surface area contributed by atoms with E-state index in [2.05, 4.69) is 0 Å². The molecule has 0 unspecified atom stereocenters. The van der Waals surface area contributed by atoms with E-state index in [9.17, 15) is 9.59 Å². The largest absolute Gasteiger partial charge is 0.478 e. The van der Waals surface area contributed by atoms with Gasteiger partial charge < -0.3 is 14.7 Å². The highest BCUT2D eigenvalue weighted by Crippen LogP contribution is 2.29. The predicted molar refractivity (Wildman–Crippen MR) is 80.9 cm³/mol. The molecule has 2 heterocycles. The number of likely N-dealkylation sites (tertiary alicyclic amines) is 1. The molecule has 5 nitrogen and oxygen atoms in total. The van der Waals surface area contributed by atoms with Gasteiger partial charge in [0, 0.05) is 38.1 Å². The van der Waals surface area contributed by atoms with Crippen molar-refractivity contribution in [3.05, 3.63) is 35.4 Å². The van der Waals surface area contributed by atoms with Gasteiger partial charge in [-0.15, -0.1) is 0 Å². The van der Waals surface area contributed by atoms with Crippen molar-refractivity contribution in [3.8, 4) is 0 Å². The van der Waals surface area contributed by atoms with E-state index in [1.807, 2.05) is 17.0 Å². The molecule has 1 atom stereocenters. The zero-order valence-corrected chi connectivity index (χ0v) is 12.5. The molecule has 118 valence electrons. The predicted octanol–water partition coefficient (Wildman–Crippen LogP) is 2.13. The van der Waals surface area contributed by atoms with Gasteiger partial charge in [-0.05, 0) is 37.0 Å². The molecule has 1 aromatic rings. The molecule has 0 aromatic heterocycles. The quantitative estimate of drug-likeness (QED) is 0.929. The minimum atomic E-state index is -0.908. The number of rotatable bonds is 3. The van der Waals surface area contributed by atoms with Gasteiger partial charge in [-0.25, -0.2) is 4.79 Å². The summed E-state index contributed by atoms with van der Waals surface area (Å²) in [6.07, 6.45) is 2.60. The maximum absolute atomic E-state index is 12.5. The molecule has 0 spiro atoms. The first-order chi connectivity index (χ1) is 10.6.